The second-order valence-corrected chi connectivity index (χ2v) is 3.51. The largest absolute Gasteiger partial charge is 0.480 e. The highest BCUT2D eigenvalue weighted by Crippen LogP contribution is 2.19. The summed E-state index contributed by atoms with van der Waals surface area (Å²) in [5.41, 5.74) is 0.706. The lowest BCUT2D eigenvalue weighted by Crippen LogP contribution is -2.04. The third kappa shape index (κ3) is 2.20. The predicted octanol–water partition coefficient (Wildman–Crippen LogP) is 1.43. The molecule has 0 fully saturated rings. The van der Waals surface area contributed by atoms with E-state index >= 15 is 0 Å². The number of anilines is 1. The fourth-order valence-corrected chi connectivity index (χ4v) is 1.39. The van der Waals surface area contributed by atoms with E-state index < -0.39 is 5.82 Å². The van der Waals surface area contributed by atoms with Gasteiger partial charge in [-0.3, -0.25) is 0 Å². The SMILES string of the molecule is CNc1nc(-c2ccc(OC)nn2)nc(C)c1F. The molecule has 7 heteroatoms. The van der Waals surface area contributed by atoms with Crippen molar-refractivity contribution in [2.45, 2.75) is 6.92 Å². The standard InChI is InChI=1S/C11H12FN5O/c1-6-9(12)11(13-2)15-10(14-6)7-4-5-8(18-3)17-16-7/h4-5H,1-3H3,(H,13,14,15). The van der Waals surface area contributed by atoms with E-state index in [1.165, 1.54) is 7.11 Å². The molecule has 0 aliphatic carbocycles. The quantitative estimate of drug-likeness (QED) is 0.887. The van der Waals surface area contributed by atoms with Crippen LogP contribution < -0.4 is 10.1 Å². The number of hydrogen-bond acceptors (Lipinski definition) is 6. The maximum Gasteiger partial charge on any atom is 0.233 e. The summed E-state index contributed by atoms with van der Waals surface area (Å²) in [6.45, 7) is 1.57. The van der Waals surface area contributed by atoms with Gasteiger partial charge in [0.25, 0.3) is 0 Å². The first-order valence-corrected chi connectivity index (χ1v) is 5.25. The number of ether oxygens (including phenoxy) is 1. The zero-order valence-corrected chi connectivity index (χ0v) is 10.2. The third-order valence-electron chi connectivity index (χ3n) is 2.33. The highest BCUT2D eigenvalue weighted by atomic mass is 19.1. The Morgan fingerprint density at radius 1 is 1.22 bits per heavy atom. The molecule has 0 aliphatic heterocycles. The topological polar surface area (TPSA) is 72.8 Å². The van der Waals surface area contributed by atoms with Crippen molar-refractivity contribution in [1.29, 1.82) is 0 Å². The van der Waals surface area contributed by atoms with Crippen molar-refractivity contribution < 1.29 is 9.13 Å². The second-order valence-electron chi connectivity index (χ2n) is 3.51. The van der Waals surface area contributed by atoms with E-state index in [2.05, 4.69) is 25.5 Å². The molecule has 0 aliphatic rings. The van der Waals surface area contributed by atoms with E-state index in [0.29, 0.717) is 17.4 Å². The predicted molar refractivity (Wildman–Crippen MR) is 63.9 cm³/mol. The molecule has 2 rings (SSSR count). The van der Waals surface area contributed by atoms with Crippen LogP contribution in [0.1, 0.15) is 5.69 Å². The molecule has 0 radical (unpaired) electrons. The maximum absolute atomic E-state index is 13.6. The summed E-state index contributed by atoms with van der Waals surface area (Å²) in [5.74, 6) is 0.373. The Morgan fingerprint density at radius 2 is 2.00 bits per heavy atom. The summed E-state index contributed by atoms with van der Waals surface area (Å²) < 4.78 is 18.5. The summed E-state index contributed by atoms with van der Waals surface area (Å²) in [6.07, 6.45) is 0. The van der Waals surface area contributed by atoms with E-state index in [1.54, 1.807) is 26.1 Å². The molecule has 2 aromatic heterocycles. The Hall–Kier alpha value is -2.31. The highest BCUT2D eigenvalue weighted by molar-refractivity contribution is 5.53. The van der Waals surface area contributed by atoms with Crippen LogP contribution in [0, 0.1) is 12.7 Å². The van der Waals surface area contributed by atoms with Crippen molar-refractivity contribution in [2.75, 3.05) is 19.5 Å². The second kappa shape index (κ2) is 4.91. The zero-order valence-electron chi connectivity index (χ0n) is 10.2. The molecule has 94 valence electrons. The lowest BCUT2D eigenvalue weighted by molar-refractivity contribution is 0.392. The van der Waals surface area contributed by atoms with Gasteiger partial charge in [0.15, 0.2) is 17.5 Å². The molecule has 2 heterocycles. The van der Waals surface area contributed by atoms with Gasteiger partial charge in [0, 0.05) is 13.1 Å². The monoisotopic (exact) mass is 249 g/mol. The van der Waals surface area contributed by atoms with Crippen molar-refractivity contribution in [3.63, 3.8) is 0 Å². The van der Waals surface area contributed by atoms with Crippen LogP contribution in [0.25, 0.3) is 11.5 Å². The fourth-order valence-electron chi connectivity index (χ4n) is 1.39. The van der Waals surface area contributed by atoms with Crippen LogP contribution in [-0.4, -0.2) is 34.3 Å². The molecule has 0 saturated carbocycles. The summed E-state index contributed by atoms with van der Waals surface area (Å²) >= 11 is 0. The highest BCUT2D eigenvalue weighted by Gasteiger charge is 2.12. The number of rotatable bonds is 3. The number of halogens is 1. The molecule has 1 N–H and O–H groups in total. The summed E-state index contributed by atoms with van der Waals surface area (Å²) in [5, 5.41) is 10.4. The lowest BCUT2D eigenvalue weighted by atomic mass is 10.3. The van der Waals surface area contributed by atoms with Gasteiger partial charge in [0.2, 0.25) is 5.88 Å². The van der Waals surface area contributed by atoms with Gasteiger partial charge in [-0.25, -0.2) is 14.4 Å². The van der Waals surface area contributed by atoms with Gasteiger partial charge in [-0.2, -0.15) is 0 Å². The molecule has 0 aromatic carbocycles. The number of nitrogens with one attached hydrogen (secondary N) is 1. The molecule has 18 heavy (non-hydrogen) atoms. The lowest BCUT2D eigenvalue weighted by Gasteiger charge is -2.06. The minimum atomic E-state index is -0.470. The normalized spacial score (nSPS) is 10.2. The Morgan fingerprint density at radius 3 is 2.56 bits per heavy atom. The summed E-state index contributed by atoms with van der Waals surface area (Å²) in [7, 11) is 3.09. The molecule has 0 spiro atoms. The smallest absolute Gasteiger partial charge is 0.233 e. The Kier molecular flexibility index (Phi) is 3.31. The van der Waals surface area contributed by atoms with Gasteiger partial charge in [-0.05, 0) is 13.0 Å². The number of methoxy groups -OCH3 is 1. The van der Waals surface area contributed by atoms with E-state index in [4.69, 9.17) is 4.74 Å². The van der Waals surface area contributed by atoms with Gasteiger partial charge in [0.05, 0.1) is 12.8 Å². The molecular weight excluding hydrogens is 237 g/mol. The average Bonchev–Trinajstić information content (AvgIpc) is 2.42. The van der Waals surface area contributed by atoms with E-state index in [0.717, 1.165) is 0 Å². The van der Waals surface area contributed by atoms with Crippen molar-refractivity contribution in [3.05, 3.63) is 23.6 Å². The van der Waals surface area contributed by atoms with Gasteiger partial charge < -0.3 is 10.1 Å². The summed E-state index contributed by atoms with van der Waals surface area (Å²) in [4.78, 5) is 8.07. The number of aryl methyl sites for hydroxylation is 1. The number of nitrogens with zero attached hydrogens (tertiary/aromatic N) is 4. The van der Waals surface area contributed by atoms with E-state index in [1.807, 2.05) is 0 Å². The van der Waals surface area contributed by atoms with E-state index in [9.17, 15) is 4.39 Å². The molecule has 0 bridgehead atoms. The zero-order chi connectivity index (χ0) is 13.1. The molecule has 2 aromatic rings. The van der Waals surface area contributed by atoms with Gasteiger partial charge >= 0.3 is 0 Å². The number of hydrogen-bond donors (Lipinski definition) is 1. The summed E-state index contributed by atoms with van der Waals surface area (Å²) in [6, 6.07) is 3.31. The van der Waals surface area contributed by atoms with Crippen LogP contribution in [-0.2, 0) is 0 Å². The third-order valence-corrected chi connectivity index (χ3v) is 2.33. The van der Waals surface area contributed by atoms with Gasteiger partial charge in [-0.15, -0.1) is 10.2 Å². The molecular formula is C11H12FN5O. The Balaban J connectivity index is 2.46. The van der Waals surface area contributed by atoms with Crippen LogP contribution in [0.15, 0.2) is 12.1 Å². The molecule has 0 amide bonds. The van der Waals surface area contributed by atoms with Gasteiger partial charge in [-0.1, -0.05) is 0 Å². The first-order chi connectivity index (χ1) is 8.65. The first kappa shape index (κ1) is 12.2. The Bertz CT molecular complexity index is 558. The first-order valence-electron chi connectivity index (χ1n) is 5.25. The van der Waals surface area contributed by atoms with Crippen molar-refractivity contribution in [2.24, 2.45) is 0 Å². The van der Waals surface area contributed by atoms with Gasteiger partial charge in [0.1, 0.15) is 5.69 Å². The molecule has 0 atom stereocenters. The minimum absolute atomic E-state index is 0.134. The Labute approximate surface area is 103 Å². The van der Waals surface area contributed by atoms with Crippen LogP contribution in [0.5, 0.6) is 5.88 Å². The molecule has 6 nitrogen and oxygen atoms in total. The average molecular weight is 249 g/mol. The van der Waals surface area contributed by atoms with Crippen LogP contribution in [0.4, 0.5) is 10.2 Å². The van der Waals surface area contributed by atoms with Crippen molar-refractivity contribution >= 4 is 5.82 Å². The van der Waals surface area contributed by atoms with Crippen molar-refractivity contribution in [3.8, 4) is 17.4 Å². The molecule has 0 saturated heterocycles. The minimum Gasteiger partial charge on any atom is -0.480 e. The maximum atomic E-state index is 13.6. The van der Waals surface area contributed by atoms with E-state index in [-0.39, 0.29) is 11.5 Å². The fraction of sp³-hybridized carbons (Fsp3) is 0.273. The van der Waals surface area contributed by atoms with Crippen LogP contribution in [0.3, 0.4) is 0 Å². The van der Waals surface area contributed by atoms with Crippen molar-refractivity contribution in [1.82, 2.24) is 20.2 Å². The van der Waals surface area contributed by atoms with Crippen LogP contribution >= 0.6 is 0 Å². The van der Waals surface area contributed by atoms with Crippen LogP contribution in [0.2, 0.25) is 0 Å². The number of aromatic nitrogens is 4. The molecule has 0 unspecified atom stereocenters.